The highest BCUT2D eigenvalue weighted by atomic mass is 14.9. The smallest absolute Gasteiger partial charge is 0.160 e. The average Bonchev–Trinajstić information content (AvgIpc) is 3.29. The van der Waals surface area contributed by atoms with Gasteiger partial charge in [0.25, 0.3) is 0 Å². The Labute approximate surface area is 325 Å². The number of benzene rings is 7. The topological polar surface area (TPSA) is 51.6 Å². The standard InChI is InChI=1S/C52H34N4/c1-5-14-36(15-6-1)45-33-47(54-51-44(45)30-28-41-29-31-46(53-50(41)51)37-16-7-2-8-17-37)40-26-24-35(25-27-40)42-22-13-23-43(32-42)52-55-48(38-18-9-3-10-19-38)34-49(56-52)39-20-11-4-12-21-39/h1-34H. The van der Waals surface area contributed by atoms with Crippen molar-refractivity contribution in [3.05, 3.63) is 206 Å². The largest absolute Gasteiger partial charge is 0.245 e. The van der Waals surface area contributed by atoms with Gasteiger partial charge in [-0.05, 0) is 46.5 Å². The fourth-order valence-corrected chi connectivity index (χ4v) is 7.41. The Morgan fingerprint density at radius 3 is 1.34 bits per heavy atom. The summed E-state index contributed by atoms with van der Waals surface area (Å²) >= 11 is 0. The van der Waals surface area contributed by atoms with E-state index in [1.807, 2.05) is 54.6 Å². The second-order valence-corrected chi connectivity index (χ2v) is 13.9. The van der Waals surface area contributed by atoms with Crippen molar-refractivity contribution < 1.29 is 0 Å². The lowest BCUT2D eigenvalue weighted by Gasteiger charge is -2.13. The molecular weight excluding hydrogens is 681 g/mol. The number of hydrogen-bond acceptors (Lipinski definition) is 4. The molecule has 4 nitrogen and oxygen atoms in total. The lowest BCUT2D eigenvalue weighted by molar-refractivity contribution is 1.18. The van der Waals surface area contributed by atoms with E-state index in [-0.39, 0.29) is 0 Å². The van der Waals surface area contributed by atoms with E-state index in [2.05, 4.69) is 152 Å². The maximum atomic E-state index is 5.34. The maximum absolute atomic E-state index is 5.34. The molecule has 0 amide bonds. The predicted octanol–water partition coefficient (Wildman–Crippen LogP) is 13.2. The van der Waals surface area contributed by atoms with E-state index >= 15 is 0 Å². The maximum Gasteiger partial charge on any atom is 0.160 e. The van der Waals surface area contributed by atoms with E-state index in [0.29, 0.717) is 5.82 Å². The summed E-state index contributed by atoms with van der Waals surface area (Å²) in [5, 5.41) is 2.14. The summed E-state index contributed by atoms with van der Waals surface area (Å²) < 4.78 is 0. The minimum absolute atomic E-state index is 0.689. The van der Waals surface area contributed by atoms with Crippen molar-refractivity contribution in [2.24, 2.45) is 0 Å². The predicted molar refractivity (Wildman–Crippen MR) is 231 cm³/mol. The molecule has 0 radical (unpaired) electrons. The van der Waals surface area contributed by atoms with Gasteiger partial charge in [-0.1, -0.05) is 182 Å². The van der Waals surface area contributed by atoms with Gasteiger partial charge in [0.2, 0.25) is 0 Å². The van der Waals surface area contributed by atoms with E-state index in [1.54, 1.807) is 0 Å². The van der Waals surface area contributed by atoms with Crippen molar-refractivity contribution in [3.8, 4) is 78.7 Å². The van der Waals surface area contributed by atoms with Crippen molar-refractivity contribution in [1.29, 1.82) is 0 Å². The van der Waals surface area contributed by atoms with Crippen molar-refractivity contribution in [3.63, 3.8) is 0 Å². The van der Waals surface area contributed by atoms with Gasteiger partial charge in [0.1, 0.15) is 0 Å². The normalized spacial score (nSPS) is 11.2. The molecule has 3 aromatic heterocycles. The molecule has 0 atom stereocenters. The zero-order valence-corrected chi connectivity index (χ0v) is 30.4. The number of nitrogens with zero attached hydrogens (tertiary/aromatic N) is 4. The zero-order valence-electron chi connectivity index (χ0n) is 30.4. The molecule has 0 aliphatic rings. The van der Waals surface area contributed by atoms with Gasteiger partial charge in [-0.2, -0.15) is 0 Å². The third-order valence-electron chi connectivity index (χ3n) is 10.3. The van der Waals surface area contributed by atoms with Crippen LogP contribution in [0.15, 0.2) is 206 Å². The second-order valence-electron chi connectivity index (χ2n) is 13.9. The summed E-state index contributed by atoms with van der Waals surface area (Å²) in [4.78, 5) is 20.7. The third-order valence-corrected chi connectivity index (χ3v) is 10.3. The van der Waals surface area contributed by atoms with Crippen LogP contribution in [0.2, 0.25) is 0 Å². The van der Waals surface area contributed by atoms with Crippen LogP contribution in [0.3, 0.4) is 0 Å². The molecule has 10 rings (SSSR count). The van der Waals surface area contributed by atoms with E-state index in [0.717, 1.165) is 94.7 Å². The quantitative estimate of drug-likeness (QED) is 0.154. The van der Waals surface area contributed by atoms with Crippen molar-refractivity contribution in [2.75, 3.05) is 0 Å². The van der Waals surface area contributed by atoms with Crippen LogP contribution in [0.1, 0.15) is 0 Å². The Bertz CT molecular complexity index is 2930. The second kappa shape index (κ2) is 14.3. The molecule has 0 aliphatic heterocycles. The van der Waals surface area contributed by atoms with Crippen LogP contribution in [0.4, 0.5) is 0 Å². The van der Waals surface area contributed by atoms with Crippen LogP contribution < -0.4 is 0 Å². The molecule has 10 aromatic rings. The minimum atomic E-state index is 0.689. The molecule has 262 valence electrons. The fraction of sp³-hybridized carbons (Fsp3) is 0. The molecule has 0 N–H and O–H groups in total. The van der Waals surface area contributed by atoms with Gasteiger partial charge >= 0.3 is 0 Å². The van der Waals surface area contributed by atoms with Crippen LogP contribution >= 0.6 is 0 Å². The highest BCUT2D eigenvalue weighted by Crippen LogP contribution is 2.37. The summed E-state index contributed by atoms with van der Waals surface area (Å²) in [6.07, 6.45) is 0. The van der Waals surface area contributed by atoms with Crippen LogP contribution in [0, 0.1) is 0 Å². The molecule has 0 aliphatic carbocycles. The molecular formula is C52H34N4. The van der Waals surface area contributed by atoms with Gasteiger partial charge in [0, 0.05) is 38.6 Å². The molecule has 4 heteroatoms. The summed E-state index contributed by atoms with van der Waals surface area (Å²) in [5.41, 5.74) is 15.0. The van der Waals surface area contributed by atoms with E-state index < -0.39 is 0 Å². The van der Waals surface area contributed by atoms with Crippen LogP contribution in [0.25, 0.3) is 100 Å². The third kappa shape index (κ3) is 6.40. The number of fused-ring (bicyclic) bond motifs is 3. The first kappa shape index (κ1) is 33.0. The molecule has 7 aromatic carbocycles. The highest BCUT2D eigenvalue weighted by molar-refractivity contribution is 6.09. The Balaban J connectivity index is 1.05. The molecule has 3 heterocycles. The fourth-order valence-electron chi connectivity index (χ4n) is 7.41. The van der Waals surface area contributed by atoms with Crippen LogP contribution in [-0.4, -0.2) is 19.9 Å². The molecule has 0 spiro atoms. The van der Waals surface area contributed by atoms with E-state index in [9.17, 15) is 0 Å². The summed E-state index contributed by atoms with van der Waals surface area (Å²) in [6, 6.07) is 71.5. The van der Waals surface area contributed by atoms with Gasteiger partial charge in [0.05, 0.1) is 33.8 Å². The summed E-state index contributed by atoms with van der Waals surface area (Å²) in [5.74, 6) is 0.689. The Morgan fingerprint density at radius 1 is 0.250 bits per heavy atom. The monoisotopic (exact) mass is 714 g/mol. The molecule has 0 saturated heterocycles. The molecule has 0 fully saturated rings. The molecule has 0 saturated carbocycles. The van der Waals surface area contributed by atoms with E-state index in [4.69, 9.17) is 19.9 Å². The number of aromatic nitrogens is 4. The SMILES string of the molecule is c1ccc(-c2cc(-c3ccccc3)nc(-c3cccc(-c4ccc(-c5cc(-c6ccccc6)c6ccc7ccc(-c8ccccc8)nc7c6n5)cc4)c3)n2)cc1. The lowest BCUT2D eigenvalue weighted by atomic mass is 9.96. The van der Waals surface area contributed by atoms with Crippen molar-refractivity contribution in [2.45, 2.75) is 0 Å². The van der Waals surface area contributed by atoms with Crippen LogP contribution in [-0.2, 0) is 0 Å². The Kier molecular flexibility index (Phi) is 8.47. The lowest BCUT2D eigenvalue weighted by Crippen LogP contribution is -1.96. The molecule has 0 bridgehead atoms. The van der Waals surface area contributed by atoms with Gasteiger partial charge < -0.3 is 0 Å². The van der Waals surface area contributed by atoms with Crippen molar-refractivity contribution in [1.82, 2.24) is 19.9 Å². The number of hydrogen-bond donors (Lipinski definition) is 0. The minimum Gasteiger partial charge on any atom is -0.245 e. The van der Waals surface area contributed by atoms with Gasteiger partial charge in [-0.25, -0.2) is 19.9 Å². The number of rotatable bonds is 7. The average molecular weight is 715 g/mol. The number of pyridine rings is 2. The van der Waals surface area contributed by atoms with E-state index in [1.165, 1.54) is 0 Å². The van der Waals surface area contributed by atoms with Crippen LogP contribution in [0.5, 0.6) is 0 Å². The van der Waals surface area contributed by atoms with Gasteiger partial charge in [-0.3, -0.25) is 0 Å². The first-order valence-electron chi connectivity index (χ1n) is 18.8. The zero-order chi connectivity index (χ0) is 37.3. The summed E-state index contributed by atoms with van der Waals surface area (Å²) in [6.45, 7) is 0. The summed E-state index contributed by atoms with van der Waals surface area (Å²) in [7, 11) is 0. The molecule has 0 unspecified atom stereocenters. The van der Waals surface area contributed by atoms with Gasteiger partial charge in [0.15, 0.2) is 5.82 Å². The first-order valence-corrected chi connectivity index (χ1v) is 18.8. The van der Waals surface area contributed by atoms with Crippen molar-refractivity contribution >= 4 is 21.8 Å². The van der Waals surface area contributed by atoms with Gasteiger partial charge in [-0.15, -0.1) is 0 Å². The molecule has 56 heavy (non-hydrogen) atoms. The Morgan fingerprint density at radius 2 is 0.714 bits per heavy atom. The highest BCUT2D eigenvalue weighted by Gasteiger charge is 2.15. The Hall–Kier alpha value is -7.56. The first-order chi connectivity index (χ1) is 27.7.